The predicted octanol–water partition coefficient (Wildman–Crippen LogP) is 2.90. The van der Waals surface area contributed by atoms with Gasteiger partial charge in [-0.25, -0.2) is 0 Å². The first kappa shape index (κ1) is 19.5. The standard InChI is InChI=1S/C19H26N2O3/c1-16-9-5-3-6-10-17(15-21-16)12-13-18(22)20-14-8-4-7-11-19(23)24-2/h3,5-6,9,12-13,15,21H,1,4,7-8,10-11,14H2,2H3,(H,20,22)/b6-3-,9-5-,13-12+,17-15+. The van der Waals surface area contributed by atoms with Crippen molar-refractivity contribution in [3.05, 3.63) is 60.5 Å². The molecular weight excluding hydrogens is 304 g/mol. The predicted molar refractivity (Wildman–Crippen MR) is 95.9 cm³/mol. The highest BCUT2D eigenvalue weighted by Gasteiger charge is 2.00. The Balaban J connectivity index is 2.26. The average Bonchev–Trinajstić information content (AvgIpc) is 2.68. The number of allylic oxidation sites excluding steroid dienone is 6. The van der Waals surface area contributed by atoms with E-state index < -0.39 is 0 Å². The van der Waals surface area contributed by atoms with Crippen molar-refractivity contribution in [1.29, 1.82) is 0 Å². The van der Waals surface area contributed by atoms with Gasteiger partial charge in [-0.15, -0.1) is 0 Å². The van der Waals surface area contributed by atoms with Crippen molar-refractivity contribution in [1.82, 2.24) is 10.6 Å². The largest absolute Gasteiger partial charge is 0.469 e. The Hall–Kier alpha value is -2.56. The van der Waals surface area contributed by atoms with Gasteiger partial charge in [-0.05, 0) is 30.9 Å². The van der Waals surface area contributed by atoms with Crippen LogP contribution in [0.3, 0.4) is 0 Å². The first-order chi connectivity index (χ1) is 11.6. The van der Waals surface area contributed by atoms with Gasteiger partial charge in [0.1, 0.15) is 0 Å². The third-order valence-corrected chi connectivity index (χ3v) is 3.37. The van der Waals surface area contributed by atoms with Crippen LogP contribution in [0.2, 0.25) is 0 Å². The number of esters is 1. The van der Waals surface area contributed by atoms with Gasteiger partial charge in [-0.1, -0.05) is 37.3 Å². The molecule has 0 aromatic carbocycles. The van der Waals surface area contributed by atoms with Gasteiger partial charge in [0.2, 0.25) is 5.91 Å². The number of methoxy groups -OCH3 is 1. The molecule has 0 aromatic rings. The molecule has 2 N–H and O–H groups in total. The Kier molecular flexibility index (Phi) is 9.69. The number of amides is 1. The van der Waals surface area contributed by atoms with Gasteiger partial charge in [0.25, 0.3) is 0 Å². The minimum absolute atomic E-state index is 0.121. The summed E-state index contributed by atoms with van der Waals surface area (Å²) in [7, 11) is 1.39. The number of unbranched alkanes of at least 4 members (excludes halogenated alkanes) is 2. The van der Waals surface area contributed by atoms with Crippen molar-refractivity contribution in [3.8, 4) is 0 Å². The fourth-order valence-electron chi connectivity index (χ4n) is 1.99. The Morgan fingerprint density at radius 3 is 2.96 bits per heavy atom. The molecule has 0 saturated carbocycles. The van der Waals surface area contributed by atoms with Crippen LogP contribution in [-0.2, 0) is 14.3 Å². The van der Waals surface area contributed by atoms with Crippen LogP contribution in [0, 0.1) is 0 Å². The second-order valence-corrected chi connectivity index (χ2v) is 5.39. The second-order valence-electron chi connectivity index (χ2n) is 5.39. The Morgan fingerprint density at radius 2 is 2.17 bits per heavy atom. The van der Waals surface area contributed by atoms with Crippen molar-refractivity contribution >= 4 is 11.9 Å². The maximum Gasteiger partial charge on any atom is 0.305 e. The summed E-state index contributed by atoms with van der Waals surface area (Å²) in [5.41, 5.74) is 1.79. The van der Waals surface area contributed by atoms with Crippen LogP contribution in [0.4, 0.5) is 0 Å². The highest BCUT2D eigenvalue weighted by molar-refractivity contribution is 5.87. The van der Waals surface area contributed by atoms with Crippen molar-refractivity contribution in [2.24, 2.45) is 0 Å². The van der Waals surface area contributed by atoms with Crippen LogP contribution in [0.5, 0.6) is 0 Å². The molecule has 1 aliphatic heterocycles. The number of rotatable bonds is 8. The van der Waals surface area contributed by atoms with E-state index in [4.69, 9.17) is 0 Å². The molecule has 0 saturated heterocycles. The number of nitrogens with one attached hydrogen (secondary N) is 2. The molecule has 1 rings (SSSR count). The summed E-state index contributed by atoms with van der Waals surface area (Å²) in [5.74, 6) is -0.310. The lowest BCUT2D eigenvalue weighted by molar-refractivity contribution is -0.140. The van der Waals surface area contributed by atoms with E-state index in [0.717, 1.165) is 37.0 Å². The van der Waals surface area contributed by atoms with Crippen molar-refractivity contribution < 1.29 is 14.3 Å². The quantitative estimate of drug-likeness (QED) is 0.408. The number of hydrogen-bond donors (Lipinski definition) is 2. The maximum atomic E-state index is 11.8. The third kappa shape index (κ3) is 9.46. The molecule has 0 aliphatic carbocycles. The number of carbonyl (C=O) groups is 2. The maximum absolute atomic E-state index is 11.8. The molecule has 1 amide bonds. The van der Waals surface area contributed by atoms with Crippen LogP contribution < -0.4 is 10.6 Å². The third-order valence-electron chi connectivity index (χ3n) is 3.37. The summed E-state index contributed by atoms with van der Waals surface area (Å²) in [6, 6.07) is 0. The minimum Gasteiger partial charge on any atom is -0.469 e. The normalized spacial score (nSPS) is 19.2. The molecule has 130 valence electrons. The van der Waals surface area contributed by atoms with Crippen molar-refractivity contribution in [3.63, 3.8) is 0 Å². The molecule has 0 radical (unpaired) electrons. The van der Waals surface area contributed by atoms with Crippen LogP contribution in [0.15, 0.2) is 60.5 Å². The molecule has 0 atom stereocenters. The van der Waals surface area contributed by atoms with Crippen LogP contribution >= 0.6 is 0 Å². The summed E-state index contributed by atoms with van der Waals surface area (Å²) in [4.78, 5) is 22.7. The Labute approximate surface area is 143 Å². The Morgan fingerprint density at radius 1 is 1.33 bits per heavy atom. The van der Waals surface area contributed by atoms with Gasteiger partial charge in [0.15, 0.2) is 0 Å². The second kappa shape index (κ2) is 11.9. The molecule has 0 unspecified atom stereocenters. The van der Waals surface area contributed by atoms with Gasteiger partial charge in [0.05, 0.1) is 7.11 Å². The van der Waals surface area contributed by atoms with Crippen molar-refractivity contribution in [2.75, 3.05) is 13.7 Å². The zero-order valence-electron chi connectivity index (χ0n) is 14.2. The zero-order chi connectivity index (χ0) is 17.6. The van der Waals surface area contributed by atoms with Crippen LogP contribution in [-0.4, -0.2) is 25.5 Å². The van der Waals surface area contributed by atoms with Crippen LogP contribution in [0.1, 0.15) is 32.1 Å². The molecular formula is C19H26N2O3. The molecule has 5 heteroatoms. The highest BCUT2D eigenvalue weighted by atomic mass is 16.5. The number of ether oxygens (including phenoxy) is 1. The summed E-state index contributed by atoms with van der Waals surface area (Å²) >= 11 is 0. The fraction of sp³-hybridized carbons (Fsp3) is 0.368. The molecule has 0 spiro atoms. The molecule has 0 aromatic heterocycles. The molecule has 24 heavy (non-hydrogen) atoms. The van der Waals surface area contributed by atoms with Gasteiger partial charge >= 0.3 is 5.97 Å². The topological polar surface area (TPSA) is 67.4 Å². The fourth-order valence-corrected chi connectivity index (χ4v) is 1.99. The molecule has 1 aliphatic rings. The summed E-state index contributed by atoms with van der Waals surface area (Å²) < 4.78 is 4.57. The molecule has 0 bridgehead atoms. The van der Waals surface area contributed by atoms with E-state index in [2.05, 4.69) is 21.9 Å². The summed E-state index contributed by atoms with van der Waals surface area (Å²) in [5, 5.41) is 5.91. The van der Waals surface area contributed by atoms with E-state index in [1.165, 1.54) is 13.2 Å². The van der Waals surface area contributed by atoms with Gasteiger partial charge in [-0.2, -0.15) is 0 Å². The van der Waals surface area contributed by atoms with Crippen molar-refractivity contribution in [2.45, 2.75) is 32.1 Å². The summed E-state index contributed by atoms with van der Waals surface area (Å²) in [6.45, 7) is 4.46. The highest BCUT2D eigenvalue weighted by Crippen LogP contribution is 2.06. The minimum atomic E-state index is -0.189. The molecule has 1 heterocycles. The zero-order valence-corrected chi connectivity index (χ0v) is 14.2. The number of carbonyl (C=O) groups excluding carboxylic acids is 2. The van der Waals surface area contributed by atoms with Crippen LogP contribution in [0.25, 0.3) is 0 Å². The lowest BCUT2D eigenvalue weighted by Crippen LogP contribution is -2.22. The van der Waals surface area contributed by atoms with E-state index in [-0.39, 0.29) is 11.9 Å². The average molecular weight is 330 g/mol. The first-order valence-electron chi connectivity index (χ1n) is 8.12. The van der Waals surface area contributed by atoms with E-state index >= 15 is 0 Å². The monoisotopic (exact) mass is 330 g/mol. The SMILES string of the molecule is C=C1/C=C\C=C/CC(/C=C/C(=O)NCCCCCC(=O)OC)=C\N1. The lowest BCUT2D eigenvalue weighted by Gasteiger charge is -2.03. The first-order valence-corrected chi connectivity index (χ1v) is 8.12. The van der Waals surface area contributed by atoms with E-state index in [0.29, 0.717) is 13.0 Å². The van der Waals surface area contributed by atoms with Gasteiger partial charge in [-0.3, -0.25) is 9.59 Å². The molecule has 5 nitrogen and oxygen atoms in total. The van der Waals surface area contributed by atoms with Gasteiger partial charge in [0, 0.05) is 30.9 Å². The van der Waals surface area contributed by atoms with E-state index in [1.54, 1.807) is 6.08 Å². The smallest absolute Gasteiger partial charge is 0.305 e. The van der Waals surface area contributed by atoms with Gasteiger partial charge < -0.3 is 15.4 Å². The van der Waals surface area contributed by atoms with E-state index in [9.17, 15) is 9.59 Å². The van der Waals surface area contributed by atoms with E-state index in [1.807, 2.05) is 30.5 Å². The lowest BCUT2D eigenvalue weighted by atomic mass is 10.1. The summed E-state index contributed by atoms with van der Waals surface area (Å²) in [6.07, 6.45) is 16.6. The Bertz CT molecular complexity index is 557. The molecule has 0 fully saturated rings. The number of hydrogen-bond acceptors (Lipinski definition) is 4.